The third kappa shape index (κ3) is 14.5. The van der Waals surface area contributed by atoms with Gasteiger partial charge in [-0.2, -0.15) is 0 Å². The highest BCUT2D eigenvalue weighted by Gasteiger charge is 2.25. The van der Waals surface area contributed by atoms with Crippen LogP contribution in [0.1, 0.15) is 178 Å². The molecule has 0 saturated carbocycles. The quantitative estimate of drug-likeness (QED) is 0.0727. The zero-order chi connectivity index (χ0) is 28.7. The van der Waals surface area contributed by atoms with E-state index in [1.54, 1.807) is 0 Å². The van der Waals surface area contributed by atoms with Gasteiger partial charge in [0.15, 0.2) is 11.5 Å². The fourth-order valence-corrected chi connectivity index (χ4v) is 5.88. The molecule has 0 saturated heterocycles. The molecule has 4 nitrogen and oxygen atoms in total. The number of hydrogen-bond acceptors (Lipinski definition) is 3. The van der Waals surface area contributed by atoms with E-state index in [9.17, 15) is 15.0 Å². The minimum atomic E-state index is -1.33. The Hall–Kier alpha value is -1.71. The average molecular weight is 547 g/mol. The minimum absolute atomic E-state index is 0.106. The lowest BCUT2D eigenvalue weighted by molar-refractivity contribution is 0.142. The molecule has 0 heterocycles. The maximum absolute atomic E-state index is 11.8. The number of carbonyl (C=O) groups is 1. The van der Waals surface area contributed by atoms with Gasteiger partial charge in [0.1, 0.15) is 0 Å². The number of hydrogen-bond donors (Lipinski definition) is 2. The van der Waals surface area contributed by atoms with E-state index in [0.717, 1.165) is 75.3 Å². The van der Waals surface area contributed by atoms with Crippen LogP contribution >= 0.6 is 0 Å². The minimum Gasteiger partial charge on any atom is -0.504 e. The summed E-state index contributed by atoms with van der Waals surface area (Å²) in [6.07, 6.45) is 25.9. The van der Waals surface area contributed by atoms with Gasteiger partial charge in [-0.05, 0) is 62.5 Å². The second kappa shape index (κ2) is 23.0. The Balaban J connectivity index is 3.45. The Labute approximate surface area is 241 Å². The highest BCUT2D eigenvalue weighted by atomic mass is 16.7. The van der Waals surface area contributed by atoms with Gasteiger partial charge in [-0.25, -0.2) is 4.79 Å². The van der Waals surface area contributed by atoms with Crippen LogP contribution in [-0.2, 0) is 25.7 Å². The van der Waals surface area contributed by atoms with Gasteiger partial charge in [0, 0.05) is 11.1 Å². The predicted octanol–water partition coefficient (Wildman–Crippen LogP) is 11.5. The van der Waals surface area contributed by atoms with Gasteiger partial charge in [-0.1, -0.05) is 130 Å². The number of aromatic hydroxyl groups is 1. The van der Waals surface area contributed by atoms with Crippen molar-refractivity contribution in [1.82, 2.24) is 0 Å². The Bertz CT molecular complexity index is 771. The average Bonchev–Trinajstić information content (AvgIpc) is 2.92. The van der Waals surface area contributed by atoms with Crippen molar-refractivity contribution in [3.8, 4) is 11.5 Å². The summed E-state index contributed by atoms with van der Waals surface area (Å²) in [4.78, 5) is 11.8. The lowest BCUT2D eigenvalue weighted by atomic mass is 9.84. The van der Waals surface area contributed by atoms with Crippen LogP contribution < -0.4 is 4.74 Å². The molecule has 0 aliphatic heterocycles. The number of ether oxygens (including phenoxy) is 1. The van der Waals surface area contributed by atoms with Gasteiger partial charge >= 0.3 is 6.16 Å². The summed E-state index contributed by atoms with van der Waals surface area (Å²) < 4.78 is 5.40. The van der Waals surface area contributed by atoms with Crippen molar-refractivity contribution in [3.05, 3.63) is 22.3 Å². The molecule has 0 bridgehead atoms. The molecule has 4 heteroatoms. The molecule has 0 spiro atoms. The maximum atomic E-state index is 11.8. The first-order chi connectivity index (χ1) is 19.0. The van der Waals surface area contributed by atoms with E-state index in [1.165, 1.54) is 101 Å². The Morgan fingerprint density at radius 3 is 1.15 bits per heavy atom. The second-order valence-electron chi connectivity index (χ2n) is 11.6. The molecule has 1 aromatic carbocycles. The van der Waals surface area contributed by atoms with Gasteiger partial charge in [0.05, 0.1) is 0 Å². The van der Waals surface area contributed by atoms with Crippen LogP contribution in [0, 0.1) is 0 Å². The predicted molar refractivity (Wildman–Crippen MR) is 167 cm³/mol. The van der Waals surface area contributed by atoms with E-state index in [1.807, 2.05) is 0 Å². The van der Waals surface area contributed by atoms with Crippen molar-refractivity contribution in [2.75, 3.05) is 0 Å². The normalized spacial score (nSPS) is 11.3. The first kappa shape index (κ1) is 35.3. The van der Waals surface area contributed by atoms with Crippen molar-refractivity contribution in [2.45, 2.75) is 182 Å². The third-order valence-corrected chi connectivity index (χ3v) is 8.18. The molecule has 0 aliphatic carbocycles. The molecule has 0 radical (unpaired) electrons. The summed E-state index contributed by atoms with van der Waals surface area (Å²) in [6, 6.07) is 0. The van der Waals surface area contributed by atoms with Crippen molar-refractivity contribution in [2.24, 2.45) is 0 Å². The Morgan fingerprint density at radius 2 is 0.795 bits per heavy atom. The highest BCUT2D eigenvalue weighted by molar-refractivity contribution is 5.68. The number of benzene rings is 1. The molecular formula is C35H62O4. The van der Waals surface area contributed by atoms with Crippen LogP contribution in [0.2, 0.25) is 0 Å². The van der Waals surface area contributed by atoms with Crippen molar-refractivity contribution < 1.29 is 19.7 Å². The number of phenols is 1. The molecule has 226 valence electrons. The molecular weight excluding hydrogens is 484 g/mol. The van der Waals surface area contributed by atoms with Gasteiger partial charge in [0.2, 0.25) is 0 Å². The topological polar surface area (TPSA) is 66.8 Å². The molecule has 0 aromatic heterocycles. The van der Waals surface area contributed by atoms with E-state index >= 15 is 0 Å². The Morgan fingerprint density at radius 1 is 0.487 bits per heavy atom. The lowest BCUT2D eigenvalue weighted by Crippen LogP contribution is -2.13. The second-order valence-corrected chi connectivity index (χ2v) is 11.6. The first-order valence-electron chi connectivity index (χ1n) is 16.8. The molecule has 1 rings (SSSR count). The largest absolute Gasteiger partial charge is 0.511 e. The summed E-state index contributed by atoms with van der Waals surface area (Å²) in [5.41, 5.74) is 4.56. The van der Waals surface area contributed by atoms with Gasteiger partial charge < -0.3 is 14.9 Å². The molecule has 0 aliphatic rings. The standard InChI is InChI=1S/C35H62O4/c1-5-9-13-17-21-25-29-30(26-22-18-14-10-6-2)32(28-24-20-16-12-8-4)34(39-35(37)38)33(36)31(29)27-23-19-15-11-7-3/h36H,5-28H2,1-4H3,(H,37,38). The van der Waals surface area contributed by atoms with Crippen LogP contribution in [0.25, 0.3) is 0 Å². The van der Waals surface area contributed by atoms with Crippen LogP contribution in [0.15, 0.2) is 0 Å². The number of carboxylic acid groups (broad SMARTS) is 1. The summed E-state index contributed by atoms with van der Waals surface area (Å²) >= 11 is 0. The van der Waals surface area contributed by atoms with Crippen molar-refractivity contribution >= 4 is 6.16 Å². The zero-order valence-electron chi connectivity index (χ0n) is 26.2. The van der Waals surface area contributed by atoms with Crippen LogP contribution in [0.5, 0.6) is 11.5 Å². The summed E-state index contributed by atoms with van der Waals surface area (Å²) in [5.74, 6) is 0.342. The van der Waals surface area contributed by atoms with Gasteiger partial charge in [-0.15, -0.1) is 0 Å². The van der Waals surface area contributed by atoms with E-state index in [4.69, 9.17) is 4.74 Å². The fourth-order valence-electron chi connectivity index (χ4n) is 5.88. The van der Waals surface area contributed by atoms with Gasteiger partial charge in [0.25, 0.3) is 0 Å². The smallest absolute Gasteiger partial charge is 0.504 e. The molecule has 1 aromatic rings. The number of rotatable bonds is 25. The van der Waals surface area contributed by atoms with Crippen LogP contribution in [0.4, 0.5) is 4.79 Å². The maximum Gasteiger partial charge on any atom is 0.511 e. The fraction of sp³-hybridized carbons (Fsp3) is 0.800. The summed E-state index contributed by atoms with van der Waals surface area (Å²) in [5, 5.41) is 21.2. The van der Waals surface area contributed by atoms with Crippen molar-refractivity contribution in [1.29, 1.82) is 0 Å². The number of phenolic OH excluding ortho intramolecular Hbond substituents is 1. The highest BCUT2D eigenvalue weighted by Crippen LogP contribution is 2.43. The molecule has 0 amide bonds. The monoisotopic (exact) mass is 546 g/mol. The van der Waals surface area contributed by atoms with Crippen molar-refractivity contribution in [3.63, 3.8) is 0 Å². The molecule has 0 atom stereocenters. The first-order valence-corrected chi connectivity index (χ1v) is 16.8. The number of unbranched alkanes of at least 4 members (excludes halogenated alkanes) is 16. The zero-order valence-corrected chi connectivity index (χ0v) is 26.2. The van der Waals surface area contributed by atoms with E-state index < -0.39 is 6.16 Å². The molecule has 0 fully saturated rings. The van der Waals surface area contributed by atoms with E-state index in [-0.39, 0.29) is 11.5 Å². The third-order valence-electron chi connectivity index (χ3n) is 8.18. The summed E-state index contributed by atoms with van der Waals surface area (Å²) in [6.45, 7) is 8.95. The molecule has 0 unspecified atom stereocenters. The Kier molecular flexibility index (Phi) is 20.9. The molecule has 2 N–H and O–H groups in total. The van der Waals surface area contributed by atoms with E-state index in [0.29, 0.717) is 0 Å². The van der Waals surface area contributed by atoms with E-state index in [2.05, 4.69) is 27.7 Å². The summed E-state index contributed by atoms with van der Waals surface area (Å²) in [7, 11) is 0. The molecule has 39 heavy (non-hydrogen) atoms. The van der Waals surface area contributed by atoms with Crippen LogP contribution in [0.3, 0.4) is 0 Å². The van der Waals surface area contributed by atoms with Crippen LogP contribution in [-0.4, -0.2) is 16.4 Å². The van der Waals surface area contributed by atoms with Gasteiger partial charge in [-0.3, -0.25) is 0 Å². The SMILES string of the molecule is CCCCCCCc1c(O)c(OC(=O)O)c(CCCCCCC)c(CCCCCCC)c1CCCCCCC. The lowest BCUT2D eigenvalue weighted by Gasteiger charge is -2.24.